The van der Waals surface area contributed by atoms with Crippen LogP contribution in [0.5, 0.6) is 0 Å². The Hall–Kier alpha value is -0.950. The Kier molecular flexibility index (Phi) is 3.81. The van der Waals surface area contributed by atoms with Gasteiger partial charge in [0.25, 0.3) is 0 Å². The van der Waals surface area contributed by atoms with Crippen LogP contribution in [0.2, 0.25) is 0 Å². The summed E-state index contributed by atoms with van der Waals surface area (Å²) in [5.74, 6) is 0.158. The average molecular weight is 233 g/mol. The van der Waals surface area contributed by atoms with Crippen LogP contribution in [0, 0.1) is 5.92 Å². The van der Waals surface area contributed by atoms with Gasteiger partial charge in [0.15, 0.2) is 0 Å². The summed E-state index contributed by atoms with van der Waals surface area (Å²) < 4.78 is 29.4. The molecule has 0 saturated carbocycles. The molecule has 1 rings (SSSR count). The summed E-state index contributed by atoms with van der Waals surface area (Å²) in [5, 5.41) is 7.18. The molecule has 15 heavy (non-hydrogen) atoms. The van der Waals surface area contributed by atoms with Crippen LogP contribution < -0.4 is 0 Å². The molecule has 0 fully saturated rings. The Morgan fingerprint density at radius 2 is 2.20 bits per heavy atom. The molecule has 6 nitrogen and oxygen atoms in total. The molecule has 0 aliphatic heterocycles. The van der Waals surface area contributed by atoms with Gasteiger partial charge in [-0.05, 0) is 12.8 Å². The lowest BCUT2D eigenvalue weighted by atomic mass is 10.2. The van der Waals surface area contributed by atoms with E-state index >= 15 is 0 Å². The largest absolute Gasteiger partial charge is 0.315 e. The molecule has 0 aromatic carbocycles. The smallest absolute Gasteiger partial charge is 0.265 e. The summed E-state index contributed by atoms with van der Waals surface area (Å²) in [4.78, 5) is 0. The van der Waals surface area contributed by atoms with Crippen molar-refractivity contribution < 1.29 is 12.6 Å². The van der Waals surface area contributed by atoms with E-state index in [9.17, 15) is 8.42 Å². The van der Waals surface area contributed by atoms with Crippen LogP contribution in [0.15, 0.2) is 11.2 Å². The molecule has 0 atom stereocenters. The van der Waals surface area contributed by atoms with Gasteiger partial charge in [-0.25, -0.2) is 4.68 Å². The van der Waals surface area contributed by atoms with E-state index in [1.807, 2.05) is 13.8 Å². The number of nitrogens with zero attached hydrogens (tertiary/aromatic N) is 3. The Balaban J connectivity index is 2.86. The fourth-order valence-corrected chi connectivity index (χ4v) is 2.12. The van der Waals surface area contributed by atoms with Crippen LogP contribution in [0.3, 0.4) is 0 Å². The zero-order valence-electron chi connectivity index (χ0n) is 9.04. The number of hydrogen-bond acceptors (Lipinski definition) is 5. The van der Waals surface area contributed by atoms with Crippen molar-refractivity contribution in [2.75, 3.05) is 6.61 Å². The van der Waals surface area contributed by atoms with Gasteiger partial charge in [-0.2, -0.15) is 8.42 Å². The van der Waals surface area contributed by atoms with Gasteiger partial charge in [0, 0.05) is 6.54 Å². The van der Waals surface area contributed by atoms with Gasteiger partial charge < -0.3 is 0 Å². The number of aryl methyl sites for hydroxylation is 1. The zero-order chi connectivity index (χ0) is 11.5. The Morgan fingerprint density at radius 3 is 2.73 bits per heavy atom. The van der Waals surface area contributed by atoms with Crippen molar-refractivity contribution in [1.29, 1.82) is 0 Å². The van der Waals surface area contributed by atoms with Crippen molar-refractivity contribution in [3.05, 3.63) is 6.20 Å². The summed E-state index contributed by atoms with van der Waals surface area (Å²) in [5.41, 5.74) is 0. The second-order valence-corrected chi connectivity index (χ2v) is 5.08. The van der Waals surface area contributed by atoms with Crippen LogP contribution in [-0.2, 0) is 20.8 Å². The Bertz CT molecular complexity index is 411. The maximum Gasteiger partial charge on any atom is 0.315 e. The SMILES string of the molecule is CCn1nncc1S(=O)(=O)OCC(C)C. The zero-order valence-corrected chi connectivity index (χ0v) is 9.86. The van der Waals surface area contributed by atoms with E-state index in [0.717, 1.165) is 0 Å². The molecule has 0 unspecified atom stereocenters. The van der Waals surface area contributed by atoms with Gasteiger partial charge in [-0.3, -0.25) is 4.18 Å². The molecule has 0 aliphatic carbocycles. The van der Waals surface area contributed by atoms with Crippen molar-refractivity contribution in [3.63, 3.8) is 0 Å². The van der Waals surface area contributed by atoms with E-state index < -0.39 is 10.1 Å². The topological polar surface area (TPSA) is 74.1 Å². The van der Waals surface area contributed by atoms with Crippen LogP contribution in [-0.4, -0.2) is 30.0 Å². The van der Waals surface area contributed by atoms with Crippen molar-refractivity contribution >= 4 is 10.1 Å². The lowest BCUT2D eigenvalue weighted by molar-refractivity contribution is 0.272. The normalized spacial score (nSPS) is 12.3. The van der Waals surface area contributed by atoms with Crippen molar-refractivity contribution in [1.82, 2.24) is 15.0 Å². The predicted octanol–water partition coefficient (Wildman–Crippen LogP) is 0.659. The first-order chi connectivity index (χ1) is 6.97. The maximum atomic E-state index is 11.7. The number of rotatable bonds is 5. The molecule has 0 spiro atoms. The lowest BCUT2D eigenvalue weighted by Crippen LogP contribution is -2.15. The molecular formula is C8H15N3O3S. The van der Waals surface area contributed by atoms with E-state index in [-0.39, 0.29) is 17.6 Å². The van der Waals surface area contributed by atoms with E-state index in [0.29, 0.717) is 6.54 Å². The fraction of sp³-hybridized carbons (Fsp3) is 0.750. The third-order valence-corrected chi connectivity index (χ3v) is 2.97. The quantitative estimate of drug-likeness (QED) is 0.698. The number of aromatic nitrogens is 3. The van der Waals surface area contributed by atoms with Gasteiger partial charge in [-0.1, -0.05) is 19.1 Å². The minimum Gasteiger partial charge on any atom is -0.265 e. The van der Waals surface area contributed by atoms with E-state index in [2.05, 4.69) is 10.3 Å². The third-order valence-electron chi connectivity index (χ3n) is 1.69. The first-order valence-corrected chi connectivity index (χ1v) is 6.16. The highest BCUT2D eigenvalue weighted by atomic mass is 32.2. The minimum absolute atomic E-state index is 0.00523. The highest BCUT2D eigenvalue weighted by molar-refractivity contribution is 7.86. The molecule has 0 saturated heterocycles. The molecule has 0 amide bonds. The summed E-state index contributed by atoms with van der Waals surface area (Å²) in [6.45, 7) is 6.16. The van der Waals surface area contributed by atoms with Crippen molar-refractivity contribution in [3.8, 4) is 0 Å². The van der Waals surface area contributed by atoms with Gasteiger partial charge >= 0.3 is 10.1 Å². The van der Waals surface area contributed by atoms with Crippen molar-refractivity contribution in [2.45, 2.75) is 32.3 Å². The molecule has 0 aliphatic rings. The molecule has 0 bridgehead atoms. The van der Waals surface area contributed by atoms with Gasteiger partial charge in [-0.15, -0.1) is 5.10 Å². The molecule has 0 N–H and O–H groups in total. The second-order valence-electron chi connectivity index (χ2n) is 3.52. The van der Waals surface area contributed by atoms with E-state index in [1.165, 1.54) is 10.9 Å². The predicted molar refractivity (Wildman–Crippen MR) is 53.7 cm³/mol. The molecule has 86 valence electrons. The molecule has 0 radical (unpaired) electrons. The summed E-state index contributed by atoms with van der Waals surface area (Å²) in [6, 6.07) is 0. The third kappa shape index (κ3) is 3.00. The van der Waals surface area contributed by atoms with Crippen molar-refractivity contribution in [2.24, 2.45) is 5.92 Å². The first-order valence-electron chi connectivity index (χ1n) is 4.75. The van der Waals surface area contributed by atoms with Crippen LogP contribution in [0.25, 0.3) is 0 Å². The number of hydrogen-bond donors (Lipinski definition) is 0. The van der Waals surface area contributed by atoms with Crippen LogP contribution >= 0.6 is 0 Å². The van der Waals surface area contributed by atoms with Crippen LogP contribution in [0.1, 0.15) is 20.8 Å². The minimum atomic E-state index is -3.72. The average Bonchev–Trinajstić information content (AvgIpc) is 2.63. The highest BCUT2D eigenvalue weighted by Crippen LogP contribution is 2.11. The van der Waals surface area contributed by atoms with Gasteiger partial charge in [0.1, 0.15) is 0 Å². The van der Waals surface area contributed by atoms with E-state index in [1.54, 1.807) is 6.92 Å². The molecule has 1 aromatic rings. The second kappa shape index (κ2) is 4.71. The van der Waals surface area contributed by atoms with E-state index in [4.69, 9.17) is 4.18 Å². The molecule has 7 heteroatoms. The molecular weight excluding hydrogens is 218 g/mol. The Morgan fingerprint density at radius 1 is 1.53 bits per heavy atom. The molecule has 1 heterocycles. The standard InChI is InChI=1S/C8H15N3O3S/c1-4-11-8(5-9-10-11)15(12,13)14-6-7(2)3/h5,7H,4,6H2,1-3H3. The summed E-state index contributed by atoms with van der Waals surface area (Å²) in [6.07, 6.45) is 1.19. The van der Waals surface area contributed by atoms with Crippen LogP contribution in [0.4, 0.5) is 0 Å². The van der Waals surface area contributed by atoms with Gasteiger partial charge in [0.05, 0.1) is 12.8 Å². The fourth-order valence-electron chi connectivity index (χ4n) is 0.947. The first kappa shape index (κ1) is 12.1. The van der Waals surface area contributed by atoms with Gasteiger partial charge in [0.2, 0.25) is 5.03 Å². The monoisotopic (exact) mass is 233 g/mol. The summed E-state index contributed by atoms with van der Waals surface area (Å²) >= 11 is 0. The Labute approximate surface area is 89.4 Å². The summed E-state index contributed by atoms with van der Waals surface area (Å²) in [7, 11) is -3.72. The maximum absolute atomic E-state index is 11.7. The highest BCUT2D eigenvalue weighted by Gasteiger charge is 2.21. The lowest BCUT2D eigenvalue weighted by Gasteiger charge is -2.07. The molecule has 1 aromatic heterocycles.